The summed E-state index contributed by atoms with van der Waals surface area (Å²) < 4.78 is 5.38. The Morgan fingerprint density at radius 1 is 1.37 bits per heavy atom. The second-order valence-corrected chi connectivity index (χ2v) is 6.03. The smallest absolute Gasteiger partial charge is 0.309 e. The molecule has 4 heteroatoms. The highest BCUT2D eigenvalue weighted by molar-refractivity contribution is 5.73. The Morgan fingerprint density at radius 2 is 1.95 bits per heavy atom. The van der Waals surface area contributed by atoms with Gasteiger partial charge in [0.2, 0.25) is 0 Å². The second kappa shape index (κ2) is 7.97. The van der Waals surface area contributed by atoms with Crippen LogP contribution in [0.3, 0.4) is 0 Å². The van der Waals surface area contributed by atoms with Crippen LogP contribution in [0.15, 0.2) is 12.7 Å². The van der Waals surface area contributed by atoms with Crippen LogP contribution >= 0.6 is 0 Å². The molecule has 0 bridgehead atoms. The molecular weight excluding hydrogens is 244 g/mol. The second-order valence-electron chi connectivity index (χ2n) is 6.03. The van der Waals surface area contributed by atoms with Gasteiger partial charge in [0, 0.05) is 6.42 Å². The summed E-state index contributed by atoms with van der Waals surface area (Å²) in [4.78, 5) is 22.6. The normalized spacial score (nSPS) is 14.5. The van der Waals surface area contributed by atoms with E-state index in [4.69, 9.17) is 9.84 Å². The third-order valence-electron chi connectivity index (χ3n) is 2.73. The van der Waals surface area contributed by atoms with Crippen molar-refractivity contribution in [3.8, 4) is 0 Å². The summed E-state index contributed by atoms with van der Waals surface area (Å²) >= 11 is 0. The molecule has 1 N–H and O–H groups in total. The molecule has 110 valence electrons. The number of aliphatic carboxylic acids is 1. The predicted molar refractivity (Wildman–Crippen MR) is 74.8 cm³/mol. The molecule has 0 rings (SSSR count). The predicted octanol–water partition coefficient (Wildman–Crippen LogP) is 3.41. The van der Waals surface area contributed by atoms with Gasteiger partial charge in [-0.25, -0.2) is 0 Å². The number of carbonyl (C=O) groups is 2. The molecule has 4 nitrogen and oxygen atoms in total. The van der Waals surface area contributed by atoms with Crippen molar-refractivity contribution in [1.29, 1.82) is 0 Å². The van der Waals surface area contributed by atoms with E-state index in [1.165, 1.54) is 0 Å². The van der Waals surface area contributed by atoms with E-state index in [9.17, 15) is 9.59 Å². The highest BCUT2D eigenvalue weighted by Gasteiger charge is 2.25. The number of hydrogen-bond acceptors (Lipinski definition) is 3. The number of hydrogen-bond donors (Lipinski definition) is 1. The molecule has 0 radical (unpaired) electrons. The fraction of sp³-hybridized carbons (Fsp3) is 0.733. The molecule has 0 aromatic heterocycles. The lowest BCUT2D eigenvalue weighted by Gasteiger charge is -2.25. The highest BCUT2D eigenvalue weighted by Crippen LogP contribution is 2.23. The molecule has 19 heavy (non-hydrogen) atoms. The molecule has 0 saturated carbocycles. The molecule has 0 saturated heterocycles. The van der Waals surface area contributed by atoms with Crippen molar-refractivity contribution in [1.82, 2.24) is 0 Å². The Labute approximate surface area is 115 Å². The average molecular weight is 270 g/mol. The molecule has 0 aromatic rings. The fourth-order valence-corrected chi connectivity index (χ4v) is 1.85. The van der Waals surface area contributed by atoms with Gasteiger partial charge in [-0.05, 0) is 46.0 Å². The van der Waals surface area contributed by atoms with E-state index in [1.54, 1.807) is 6.08 Å². The average Bonchev–Trinajstić information content (AvgIpc) is 2.23. The van der Waals surface area contributed by atoms with E-state index in [0.717, 1.165) is 0 Å². The van der Waals surface area contributed by atoms with Crippen molar-refractivity contribution in [2.75, 3.05) is 0 Å². The van der Waals surface area contributed by atoms with Crippen molar-refractivity contribution in [3.05, 3.63) is 12.7 Å². The maximum atomic E-state index is 12.0. The van der Waals surface area contributed by atoms with Gasteiger partial charge in [0.05, 0.1) is 5.92 Å². The first-order valence-corrected chi connectivity index (χ1v) is 6.71. The van der Waals surface area contributed by atoms with Gasteiger partial charge in [0.25, 0.3) is 0 Å². The monoisotopic (exact) mass is 270 g/mol. The zero-order valence-corrected chi connectivity index (χ0v) is 12.4. The van der Waals surface area contributed by atoms with E-state index >= 15 is 0 Å². The number of carboxylic acids is 1. The largest absolute Gasteiger partial charge is 0.481 e. The van der Waals surface area contributed by atoms with E-state index < -0.39 is 11.6 Å². The van der Waals surface area contributed by atoms with E-state index in [1.807, 2.05) is 27.7 Å². The van der Waals surface area contributed by atoms with Gasteiger partial charge in [-0.2, -0.15) is 0 Å². The maximum absolute atomic E-state index is 12.0. The van der Waals surface area contributed by atoms with Crippen LogP contribution in [-0.4, -0.2) is 22.6 Å². The number of esters is 1. The molecule has 0 aliphatic heterocycles. The zero-order chi connectivity index (χ0) is 15.1. The minimum Gasteiger partial charge on any atom is -0.481 e. The molecule has 2 atom stereocenters. The summed E-state index contributed by atoms with van der Waals surface area (Å²) in [6, 6.07) is 0. The van der Waals surface area contributed by atoms with Crippen LogP contribution in [0.5, 0.6) is 0 Å². The summed E-state index contributed by atoms with van der Waals surface area (Å²) in [5.41, 5.74) is -0.499. The van der Waals surface area contributed by atoms with Gasteiger partial charge in [-0.1, -0.05) is 13.0 Å². The summed E-state index contributed by atoms with van der Waals surface area (Å²) in [5.74, 6) is -1.09. The highest BCUT2D eigenvalue weighted by atomic mass is 16.6. The lowest BCUT2D eigenvalue weighted by atomic mass is 9.90. The molecule has 0 heterocycles. The van der Waals surface area contributed by atoms with E-state index in [2.05, 4.69) is 6.58 Å². The maximum Gasteiger partial charge on any atom is 0.309 e. The summed E-state index contributed by atoms with van der Waals surface area (Å²) in [5, 5.41) is 8.65. The Kier molecular flexibility index (Phi) is 7.42. The number of carbonyl (C=O) groups excluding carboxylic acids is 1. The Hall–Kier alpha value is -1.32. The molecule has 0 fully saturated rings. The molecule has 0 aromatic carbocycles. The quantitative estimate of drug-likeness (QED) is 0.542. The molecular formula is C15H26O4. The molecule has 0 unspecified atom stereocenters. The van der Waals surface area contributed by atoms with E-state index in [0.29, 0.717) is 19.3 Å². The topological polar surface area (TPSA) is 63.6 Å². The molecule has 0 aliphatic rings. The van der Waals surface area contributed by atoms with Crippen molar-refractivity contribution in [2.24, 2.45) is 11.8 Å². The number of carboxylic acid groups (broad SMARTS) is 1. The number of ether oxygens (including phenoxy) is 1. The van der Waals surface area contributed by atoms with Crippen molar-refractivity contribution in [2.45, 2.75) is 59.0 Å². The van der Waals surface area contributed by atoms with Crippen LogP contribution in [0.2, 0.25) is 0 Å². The summed E-state index contributed by atoms with van der Waals surface area (Å²) in [7, 11) is 0. The van der Waals surface area contributed by atoms with Crippen LogP contribution in [-0.2, 0) is 14.3 Å². The minimum atomic E-state index is -0.801. The van der Waals surface area contributed by atoms with Crippen LogP contribution in [0, 0.1) is 11.8 Å². The fourth-order valence-electron chi connectivity index (χ4n) is 1.85. The number of rotatable bonds is 8. The Balaban J connectivity index is 4.43. The van der Waals surface area contributed by atoms with Crippen molar-refractivity contribution < 1.29 is 19.4 Å². The first-order chi connectivity index (χ1) is 8.65. The third-order valence-corrected chi connectivity index (χ3v) is 2.73. The molecule has 0 aliphatic carbocycles. The van der Waals surface area contributed by atoms with Crippen LogP contribution < -0.4 is 0 Å². The van der Waals surface area contributed by atoms with Gasteiger partial charge in [0.1, 0.15) is 5.60 Å². The molecule has 0 spiro atoms. The third kappa shape index (κ3) is 9.28. The standard InChI is InChI=1S/C15H26O4/c1-6-7-12(14(18)19-15(3,4)5)10-11(2)8-9-13(16)17/h6,11-12H,1,7-10H2,2-5H3,(H,16,17)/t11-,12+/m1/s1. The lowest BCUT2D eigenvalue weighted by molar-refractivity contribution is -0.160. The van der Waals surface area contributed by atoms with Gasteiger partial charge in [-0.15, -0.1) is 6.58 Å². The Bertz CT molecular complexity index is 315. The van der Waals surface area contributed by atoms with Gasteiger partial charge in [-0.3, -0.25) is 9.59 Å². The van der Waals surface area contributed by atoms with Crippen LogP contribution in [0.25, 0.3) is 0 Å². The molecule has 0 amide bonds. The van der Waals surface area contributed by atoms with E-state index in [-0.39, 0.29) is 24.2 Å². The first kappa shape index (κ1) is 17.7. The Morgan fingerprint density at radius 3 is 2.37 bits per heavy atom. The first-order valence-electron chi connectivity index (χ1n) is 6.71. The van der Waals surface area contributed by atoms with Gasteiger partial charge >= 0.3 is 11.9 Å². The van der Waals surface area contributed by atoms with Crippen LogP contribution in [0.1, 0.15) is 53.4 Å². The number of allylic oxidation sites excluding steroid dienone is 1. The van der Waals surface area contributed by atoms with Crippen molar-refractivity contribution in [3.63, 3.8) is 0 Å². The summed E-state index contributed by atoms with van der Waals surface area (Å²) in [6.45, 7) is 11.1. The SMILES string of the molecule is C=CC[C@@H](C[C@H](C)CCC(=O)O)C(=O)OC(C)(C)C. The van der Waals surface area contributed by atoms with Gasteiger partial charge < -0.3 is 9.84 Å². The minimum absolute atomic E-state index is 0.135. The van der Waals surface area contributed by atoms with Crippen molar-refractivity contribution >= 4 is 11.9 Å². The summed E-state index contributed by atoms with van der Waals surface area (Å²) in [6.07, 6.45) is 3.61. The van der Waals surface area contributed by atoms with Crippen LogP contribution in [0.4, 0.5) is 0 Å². The van der Waals surface area contributed by atoms with Gasteiger partial charge in [0.15, 0.2) is 0 Å². The zero-order valence-electron chi connectivity index (χ0n) is 12.4. The lowest BCUT2D eigenvalue weighted by Crippen LogP contribution is -2.29.